The number of amides is 1. The molecule has 4 rings (SSSR count). The normalized spacial score (nSPS) is 50.8. The summed E-state index contributed by atoms with van der Waals surface area (Å²) in [6.45, 7) is 12.0. The maximum absolute atomic E-state index is 12.3. The van der Waals surface area contributed by atoms with Gasteiger partial charge in [0.25, 0.3) is 0 Å². The van der Waals surface area contributed by atoms with Crippen LogP contribution in [0.1, 0.15) is 65.7 Å². The minimum absolute atomic E-state index is 0.307. The summed E-state index contributed by atoms with van der Waals surface area (Å²) >= 11 is 0. The molecule has 0 spiro atoms. The van der Waals surface area contributed by atoms with E-state index >= 15 is 0 Å². The molecule has 26 heavy (non-hydrogen) atoms. The molecule has 0 aromatic heterocycles. The van der Waals surface area contributed by atoms with Crippen LogP contribution in [0.25, 0.3) is 0 Å². The van der Waals surface area contributed by atoms with Gasteiger partial charge in [-0.3, -0.25) is 4.79 Å². The van der Waals surface area contributed by atoms with Gasteiger partial charge in [0.2, 0.25) is 5.91 Å². The van der Waals surface area contributed by atoms with E-state index in [-0.39, 0.29) is 0 Å². The topological polar surface area (TPSA) is 29.5 Å². The fraction of sp³-hybridized carbons (Fsp3) is 0.870. The van der Waals surface area contributed by atoms with E-state index in [1.54, 1.807) is 0 Å². The van der Waals surface area contributed by atoms with Crippen LogP contribution in [0.5, 0.6) is 0 Å². The Morgan fingerprint density at radius 1 is 1.27 bits per heavy atom. The summed E-state index contributed by atoms with van der Waals surface area (Å²) in [7, 11) is 2.05. The average molecular weight is 360 g/mol. The number of rotatable bonds is 3. The van der Waals surface area contributed by atoms with E-state index in [4.69, 9.17) is 4.74 Å². The second-order valence-corrected chi connectivity index (χ2v) is 10.4. The lowest BCUT2D eigenvalue weighted by molar-refractivity contribution is -0.164. The van der Waals surface area contributed by atoms with Gasteiger partial charge in [0, 0.05) is 19.5 Å². The highest BCUT2D eigenvalue weighted by Gasteiger charge is 2.62. The molecule has 146 valence electrons. The Morgan fingerprint density at radius 3 is 2.77 bits per heavy atom. The van der Waals surface area contributed by atoms with E-state index in [0.717, 1.165) is 30.6 Å². The first-order chi connectivity index (χ1) is 12.3. The highest BCUT2D eigenvalue weighted by Crippen LogP contribution is 2.66. The van der Waals surface area contributed by atoms with E-state index in [1.165, 1.54) is 32.1 Å². The molecule has 1 saturated heterocycles. The molecule has 0 aromatic carbocycles. The van der Waals surface area contributed by atoms with Crippen LogP contribution in [0.15, 0.2) is 12.7 Å². The van der Waals surface area contributed by atoms with Crippen LogP contribution in [0.3, 0.4) is 0 Å². The number of carbonyl (C=O) groups is 1. The molecule has 0 N–H and O–H groups in total. The second kappa shape index (κ2) is 6.36. The molecule has 8 atom stereocenters. The van der Waals surface area contributed by atoms with E-state index in [0.29, 0.717) is 41.4 Å². The van der Waals surface area contributed by atoms with Crippen molar-refractivity contribution in [2.24, 2.45) is 34.5 Å². The number of fused-ring (bicyclic) bond motifs is 5. The summed E-state index contributed by atoms with van der Waals surface area (Å²) in [5.41, 5.74) is 0.752. The first-order valence-electron chi connectivity index (χ1n) is 10.8. The van der Waals surface area contributed by atoms with Crippen LogP contribution in [0.4, 0.5) is 0 Å². The van der Waals surface area contributed by atoms with Crippen molar-refractivity contribution in [2.75, 3.05) is 13.7 Å². The highest BCUT2D eigenvalue weighted by atomic mass is 16.5. The van der Waals surface area contributed by atoms with Gasteiger partial charge in [0.05, 0.1) is 12.7 Å². The van der Waals surface area contributed by atoms with Gasteiger partial charge >= 0.3 is 0 Å². The number of hydrogen-bond donors (Lipinski definition) is 0. The molecule has 1 amide bonds. The van der Waals surface area contributed by atoms with Gasteiger partial charge in [-0.15, -0.1) is 6.58 Å². The molecular formula is C23H37NO2. The lowest BCUT2D eigenvalue weighted by Crippen LogP contribution is -2.62. The second-order valence-electron chi connectivity index (χ2n) is 10.4. The number of ether oxygens (including phenoxy) is 1. The lowest BCUT2D eigenvalue weighted by Gasteiger charge is -2.63. The molecule has 4 aliphatic rings. The zero-order chi connectivity index (χ0) is 18.7. The SMILES string of the molecule is C=CCOC1C[C@H]2[C@@H]3C(C)CC4N(C)C(=O)CC[C@]4(C)[C@@H]3CC[C@]2(C)C1. The van der Waals surface area contributed by atoms with E-state index in [2.05, 4.69) is 39.3 Å². The van der Waals surface area contributed by atoms with Gasteiger partial charge in [-0.25, -0.2) is 0 Å². The molecule has 1 aliphatic heterocycles. The first-order valence-corrected chi connectivity index (χ1v) is 10.8. The average Bonchev–Trinajstić information content (AvgIpc) is 2.95. The zero-order valence-electron chi connectivity index (χ0n) is 17.2. The smallest absolute Gasteiger partial charge is 0.222 e. The predicted molar refractivity (Wildman–Crippen MR) is 105 cm³/mol. The number of piperidine rings is 1. The third-order valence-electron chi connectivity index (χ3n) is 9.11. The summed E-state index contributed by atoms with van der Waals surface area (Å²) in [5.74, 6) is 3.41. The summed E-state index contributed by atoms with van der Waals surface area (Å²) in [6.07, 6.45) is 10.4. The maximum Gasteiger partial charge on any atom is 0.222 e. The number of nitrogens with zero attached hydrogens (tertiary/aromatic N) is 1. The van der Waals surface area contributed by atoms with Crippen LogP contribution in [0, 0.1) is 34.5 Å². The Kier molecular flexibility index (Phi) is 4.53. The molecule has 3 heteroatoms. The van der Waals surface area contributed by atoms with Crippen molar-refractivity contribution in [1.29, 1.82) is 0 Å². The Hall–Kier alpha value is -0.830. The Labute approximate surface area is 159 Å². The van der Waals surface area contributed by atoms with Crippen LogP contribution >= 0.6 is 0 Å². The third-order valence-corrected chi connectivity index (χ3v) is 9.11. The van der Waals surface area contributed by atoms with Gasteiger partial charge < -0.3 is 9.64 Å². The number of carbonyl (C=O) groups excluding carboxylic acids is 1. The molecule has 0 radical (unpaired) electrons. The van der Waals surface area contributed by atoms with Gasteiger partial charge in [0.1, 0.15) is 0 Å². The molecule has 1 heterocycles. The van der Waals surface area contributed by atoms with Crippen molar-refractivity contribution >= 4 is 5.91 Å². The Balaban J connectivity index is 1.61. The van der Waals surface area contributed by atoms with Crippen molar-refractivity contribution in [2.45, 2.75) is 77.9 Å². The van der Waals surface area contributed by atoms with Crippen molar-refractivity contribution in [3.63, 3.8) is 0 Å². The highest BCUT2D eigenvalue weighted by molar-refractivity contribution is 5.77. The minimum Gasteiger partial charge on any atom is -0.374 e. The molecule has 3 nitrogen and oxygen atoms in total. The number of likely N-dealkylation sites (tertiary alicyclic amines) is 1. The van der Waals surface area contributed by atoms with Crippen LogP contribution in [-0.4, -0.2) is 36.6 Å². The molecule has 3 unspecified atom stereocenters. The maximum atomic E-state index is 12.3. The fourth-order valence-corrected chi connectivity index (χ4v) is 7.79. The fourth-order valence-electron chi connectivity index (χ4n) is 7.79. The standard InChI is InChI=1S/C23H37NO2/c1-6-11-26-16-13-18-21-15(2)12-19-23(4,10-8-20(25)24(19)5)17(21)7-9-22(18,3)14-16/h6,15-19,21H,1,7-14H2,2-5H3/t15?,16?,17-,18+,19?,21-,22-,23-/m1/s1. The molecule has 0 bridgehead atoms. The molecule has 3 aliphatic carbocycles. The van der Waals surface area contributed by atoms with Crippen LogP contribution < -0.4 is 0 Å². The van der Waals surface area contributed by atoms with Crippen molar-refractivity contribution in [1.82, 2.24) is 4.90 Å². The Morgan fingerprint density at radius 2 is 2.04 bits per heavy atom. The van der Waals surface area contributed by atoms with Gasteiger partial charge in [-0.1, -0.05) is 26.8 Å². The van der Waals surface area contributed by atoms with Crippen molar-refractivity contribution < 1.29 is 9.53 Å². The molecule has 4 fully saturated rings. The summed E-state index contributed by atoms with van der Waals surface area (Å²) in [4.78, 5) is 14.4. The monoisotopic (exact) mass is 359 g/mol. The third kappa shape index (κ3) is 2.60. The summed E-state index contributed by atoms with van der Waals surface area (Å²) < 4.78 is 6.12. The summed E-state index contributed by atoms with van der Waals surface area (Å²) in [5, 5.41) is 0. The minimum atomic E-state index is 0.307. The number of hydrogen-bond acceptors (Lipinski definition) is 2. The molecule has 0 aromatic rings. The van der Waals surface area contributed by atoms with E-state index < -0.39 is 0 Å². The first kappa shape index (κ1) is 18.5. The van der Waals surface area contributed by atoms with Crippen LogP contribution in [-0.2, 0) is 9.53 Å². The van der Waals surface area contributed by atoms with E-state index in [9.17, 15) is 4.79 Å². The van der Waals surface area contributed by atoms with Crippen molar-refractivity contribution in [3.8, 4) is 0 Å². The lowest BCUT2D eigenvalue weighted by atomic mass is 9.45. The van der Waals surface area contributed by atoms with E-state index in [1.807, 2.05) is 6.08 Å². The van der Waals surface area contributed by atoms with Crippen LogP contribution in [0.2, 0.25) is 0 Å². The molecule has 3 saturated carbocycles. The summed E-state index contributed by atoms with van der Waals surface area (Å²) in [6, 6.07) is 0.443. The van der Waals surface area contributed by atoms with Gasteiger partial charge in [-0.2, -0.15) is 0 Å². The van der Waals surface area contributed by atoms with Gasteiger partial charge in [-0.05, 0) is 73.0 Å². The zero-order valence-corrected chi connectivity index (χ0v) is 17.2. The largest absolute Gasteiger partial charge is 0.374 e. The molecular weight excluding hydrogens is 322 g/mol. The van der Waals surface area contributed by atoms with Gasteiger partial charge in [0.15, 0.2) is 0 Å². The quantitative estimate of drug-likeness (QED) is 0.686. The van der Waals surface area contributed by atoms with Crippen molar-refractivity contribution in [3.05, 3.63) is 12.7 Å². The Bertz CT molecular complexity index is 589. The predicted octanol–water partition coefficient (Wildman–Crippen LogP) is 4.67.